The van der Waals surface area contributed by atoms with Gasteiger partial charge in [0.15, 0.2) is 0 Å². The molecule has 1 unspecified atom stereocenters. The van der Waals surface area contributed by atoms with Crippen molar-refractivity contribution in [3.63, 3.8) is 0 Å². The number of hydrogen-bond acceptors (Lipinski definition) is 3. The van der Waals surface area contributed by atoms with Gasteiger partial charge in [-0.1, -0.05) is 29.8 Å². The van der Waals surface area contributed by atoms with Crippen LogP contribution in [0.25, 0.3) is 0 Å². The molecule has 2 amide bonds. The first-order valence-electron chi connectivity index (χ1n) is 6.28. The number of nitrogens with zero attached hydrogens (tertiary/aromatic N) is 1. The van der Waals surface area contributed by atoms with Crippen LogP contribution in [0.4, 0.5) is 4.79 Å². The third-order valence-electron chi connectivity index (χ3n) is 3.03. The molecule has 1 aliphatic rings. The molecule has 2 rings (SSSR count). The second kappa shape index (κ2) is 5.73. The summed E-state index contributed by atoms with van der Waals surface area (Å²) in [4.78, 5) is 24.4. The summed E-state index contributed by atoms with van der Waals surface area (Å²) in [5.41, 5.74) is 2.12. The van der Waals surface area contributed by atoms with E-state index in [2.05, 4.69) is 5.32 Å². The number of nitrogens with one attached hydrogen (secondary N) is 1. The van der Waals surface area contributed by atoms with Crippen molar-refractivity contribution in [2.75, 3.05) is 20.1 Å². The van der Waals surface area contributed by atoms with Crippen LogP contribution in [0, 0.1) is 6.92 Å². The van der Waals surface area contributed by atoms with Crippen LogP contribution >= 0.6 is 0 Å². The Bertz CT molecular complexity index is 487. The van der Waals surface area contributed by atoms with Gasteiger partial charge in [-0.25, -0.2) is 4.79 Å². The number of likely N-dealkylation sites (N-methyl/N-ethyl adjacent to an activating group) is 1. The largest absolute Gasteiger partial charge is 0.442 e. The average Bonchev–Trinajstić information content (AvgIpc) is 2.66. The Hall–Kier alpha value is -2.04. The lowest BCUT2D eigenvalue weighted by molar-refractivity contribution is -0.120. The van der Waals surface area contributed by atoms with E-state index in [9.17, 15) is 9.59 Å². The molecule has 0 radical (unpaired) electrons. The smallest absolute Gasteiger partial charge is 0.410 e. The van der Waals surface area contributed by atoms with Gasteiger partial charge < -0.3 is 15.0 Å². The first kappa shape index (κ1) is 13.4. The summed E-state index contributed by atoms with van der Waals surface area (Å²) >= 11 is 0. The quantitative estimate of drug-likeness (QED) is 0.884. The van der Waals surface area contributed by atoms with Crippen molar-refractivity contribution >= 4 is 12.0 Å². The Labute approximate surface area is 112 Å². The van der Waals surface area contributed by atoms with Crippen LogP contribution in [-0.2, 0) is 16.0 Å². The monoisotopic (exact) mass is 262 g/mol. The van der Waals surface area contributed by atoms with Crippen molar-refractivity contribution in [1.82, 2.24) is 10.2 Å². The van der Waals surface area contributed by atoms with Gasteiger partial charge in [0, 0.05) is 7.05 Å². The van der Waals surface area contributed by atoms with E-state index in [1.165, 1.54) is 4.90 Å². The second-order valence-corrected chi connectivity index (χ2v) is 4.86. The summed E-state index contributed by atoms with van der Waals surface area (Å²) in [6.07, 6.45) is -0.241. The van der Waals surface area contributed by atoms with E-state index in [0.29, 0.717) is 19.5 Å². The zero-order chi connectivity index (χ0) is 13.8. The van der Waals surface area contributed by atoms with Gasteiger partial charge in [-0.15, -0.1) is 0 Å². The number of benzene rings is 1. The second-order valence-electron chi connectivity index (χ2n) is 4.86. The molecule has 0 aliphatic carbocycles. The molecule has 102 valence electrons. The predicted molar refractivity (Wildman–Crippen MR) is 70.8 cm³/mol. The summed E-state index contributed by atoms with van der Waals surface area (Å²) in [6.45, 7) is 2.87. The third-order valence-corrected chi connectivity index (χ3v) is 3.03. The van der Waals surface area contributed by atoms with E-state index in [0.717, 1.165) is 11.1 Å². The number of aryl methyl sites for hydroxylation is 1. The molecule has 19 heavy (non-hydrogen) atoms. The SMILES string of the molecule is Cc1cccc(CC(=O)NCC2CN(C)C(=O)O2)c1. The number of ether oxygens (including phenoxy) is 1. The average molecular weight is 262 g/mol. The summed E-state index contributed by atoms with van der Waals surface area (Å²) in [5.74, 6) is -0.0591. The highest BCUT2D eigenvalue weighted by molar-refractivity contribution is 5.78. The number of hydrogen-bond donors (Lipinski definition) is 1. The molecule has 0 spiro atoms. The fourth-order valence-electron chi connectivity index (χ4n) is 2.05. The molecule has 1 aromatic carbocycles. The van der Waals surface area contributed by atoms with Gasteiger partial charge in [-0.2, -0.15) is 0 Å². The standard InChI is InChI=1S/C14H18N2O3/c1-10-4-3-5-11(6-10)7-13(17)15-8-12-9-16(2)14(18)19-12/h3-6,12H,7-9H2,1-2H3,(H,15,17). The molecule has 1 aliphatic heterocycles. The zero-order valence-corrected chi connectivity index (χ0v) is 11.2. The first-order chi connectivity index (χ1) is 9.04. The molecule has 5 nitrogen and oxygen atoms in total. The van der Waals surface area contributed by atoms with Crippen molar-refractivity contribution in [3.05, 3.63) is 35.4 Å². The fraction of sp³-hybridized carbons (Fsp3) is 0.429. The van der Waals surface area contributed by atoms with E-state index in [4.69, 9.17) is 4.74 Å². The summed E-state index contributed by atoms with van der Waals surface area (Å²) in [6, 6.07) is 7.85. The Balaban J connectivity index is 1.78. The highest BCUT2D eigenvalue weighted by Gasteiger charge is 2.28. The highest BCUT2D eigenvalue weighted by Crippen LogP contribution is 2.08. The normalized spacial score (nSPS) is 18.3. The van der Waals surface area contributed by atoms with Crippen molar-refractivity contribution < 1.29 is 14.3 Å². The number of carbonyl (C=O) groups is 2. The van der Waals surface area contributed by atoms with Gasteiger partial charge in [-0.3, -0.25) is 4.79 Å². The molecule has 0 saturated carbocycles. The first-order valence-corrected chi connectivity index (χ1v) is 6.28. The molecule has 1 N–H and O–H groups in total. The van der Waals surface area contributed by atoms with Crippen LogP contribution in [-0.4, -0.2) is 43.1 Å². The van der Waals surface area contributed by atoms with E-state index in [-0.39, 0.29) is 18.1 Å². The lowest BCUT2D eigenvalue weighted by Gasteiger charge is -2.10. The van der Waals surface area contributed by atoms with Crippen molar-refractivity contribution in [1.29, 1.82) is 0 Å². The lowest BCUT2D eigenvalue weighted by atomic mass is 10.1. The summed E-state index contributed by atoms with van der Waals surface area (Å²) in [7, 11) is 1.68. The topological polar surface area (TPSA) is 58.6 Å². The van der Waals surface area contributed by atoms with Crippen LogP contribution < -0.4 is 5.32 Å². The molecule has 5 heteroatoms. The minimum absolute atomic E-state index is 0.0591. The van der Waals surface area contributed by atoms with Gasteiger partial charge in [0.05, 0.1) is 19.5 Å². The third kappa shape index (κ3) is 3.71. The molecule has 1 saturated heterocycles. The summed E-state index contributed by atoms with van der Waals surface area (Å²) in [5, 5.41) is 2.79. The highest BCUT2D eigenvalue weighted by atomic mass is 16.6. The van der Waals surface area contributed by atoms with Crippen molar-refractivity contribution in [3.8, 4) is 0 Å². The van der Waals surface area contributed by atoms with Crippen LogP contribution in [0.1, 0.15) is 11.1 Å². The van der Waals surface area contributed by atoms with Gasteiger partial charge >= 0.3 is 6.09 Å². The maximum absolute atomic E-state index is 11.8. The zero-order valence-electron chi connectivity index (χ0n) is 11.2. The predicted octanol–water partition coefficient (Wildman–Crippen LogP) is 1.10. The van der Waals surface area contributed by atoms with Gasteiger partial charge in [0.1, 0.15) is 6.10 Å². The molecule has 1 fully saturated rings. The Kier molecular flexibility index (Phi) is 4.04. The van der Waals surface area contributed by atoms with E-state index in [1.807, 2.05) is 31.2 Å². The molecule has 1 heterocycles. The minimum atomic E-state index is -0.335. The Morgan fingerprint density at radius 1 is 1.53 bits per heavy atom. The number of cyclic esters (lactones) is 1. The number of carbonyl (C=O) groups excluding carboxylic acids is 2. The van der Waals surface area contributed by atoms with Gasteiger partial charge in [-0.05, 0) is 12.5 Å². The number of amides is 2. The van der Waals surface area contributed by atoms with E-state index < -0.39 is 0 Å². The molecule has 0 aromatic heterocycles. The fourth-order valence-corrected chi connectivity index (χ4v) is 2.05. The van der Waals surface area contributed by atoms with Crippen LogP contribution in [0.5, 0.6) is 0 Å². The Morgan fingerprint density at radius 2 is 2.32 bits per heavy atom. The molecule has 1 aromatic rings. The van der Waals surface area contributed by atoms with Crippen molar-refractivity contribution in [2.45, 2.75) is 19.4 Å². The van der Waals surface area contributed by atoms with Crippen molar-refractivity contribution in [2.24, 2.45) is 0 Å². The summed E-state index contributed by atoms with van der Waals surface area (Å²) < 4.78 is 5.07. The molecular weight excluding hydrogens is 244 g/mol. The van der Waals surface area contributed by atoms with Crippen LogP contribution in [0.3, 0.4) is 0 Å². The maximum Gasteiger partial charge on any atom is 0.410 e. The lowest BCUT2D eigenvalue weighted by Crippen LogP contribution is -2.35. The Morgan fingerprint density at radius 3 is 2.95 bits per heavy atom. The van der Waals surface area contributed by atoms with Crippen LogP contribution in [0.2, 0.25) is 0 Å². The van der Waals surface area contributed by atoms with Crippen LogP contribution in [0.15, 0.2) is 24.3 Å². The van der Waals surface area contributed by atoms with E-state index >= 15 is 0 Å². The van der Waals surface area contributed by atoms with Gasteiger partial charge in [0.25, 0.3) is 0 Å². The minimum Gasteiger partial charge on any atom is -0.442 e. The number of rotatable bonds is 4. The maximum atomic E-state index is 11.8. The van der Waals surface area contributed by atoms with E-state index in [1.54, 1.807) is 7.05 Å². The molecule has 0 bridgehead atoms. The molecular formula is C14H18N2O3. The van der Waals surface area contributed by atoms with Gasteiger partial charge in [0.2, 0.25) is 5.91 Å². The molecule has 1 atom stereocenters.